The fraction of sp³-hybridized carbons (Fsp3) is 0.308. The molecular formula is C13H12ClN3O3S. The van der Waals surface area contributed by atoms with E-state index in [1.54, 1.807) is 0 Å². The van der Waals surface area contributed by atoms with E-state index in [-0.39, 0.29) is 5.16 Å². The van der Waals surface area contributed by atoms with Crippen molar-refractivity contribution in [2.75, 3.05) is 6.61 Å². The van der Waals surface area contributed by atoms with Gasteiger partial charge in [-0.1, -0.05) is 23.4 Å². The Kier molecular flexibility index (Phi) is 3.77. The summed E-state index contributed by atoms with van der Waals surface area (Å²) in [6.07, 6.45) is 0.842. The summed E-state index contributed by atoms with van der Waals surface area (Å²) in [7, 11) is 1.38. The third-order valence-corrected chi connectivity index (χ3v) is 4.33. The summed E-state index contributed by atoms with van der Waals surface area (Å²) in [6, 6.07) is 3.73. The molecule has 1 N–H and O–H groups in total. The lowest BCUT2D eigenvalue weighted by molar-refractivity contribution is 0.354. The van der Waals surface area contributed by atoms with Crippen LogP contribution in [0.4, 0.5) is 0 Å². The number of hydrogen-bond donors (Lipinski definition) is 1. The first-order valence-corrected chi connectivity index (χ1v) is 7.65. The fourth-order valence-corrected chi connectivity index (χ4v) is 3.19. The average molecular weight is 326 g/mol. The molecule has 0 fully saturated rings. The van der Waals surface area contributed by atoms with Crippen LogP contribution in [0, 0.1) is 0 Å². The van der Waals surface area contributed by atoms with E-state index < -0.39 is 11.4 Å². The van der Waals surface area contributed by atoms with Gasteiger partial charge >= 0.3 is 11.4 Å². The van der Waals surface area contributed by atoms with Crippen LogP contribution in [-0.4, -0.2) is 21.1 Å². The molecule has 0 amide bonds. The van der Waals surface area contributed by atoms with Gasteiger partial charge in [-0.25, -0.2) is 14.2 Å². The molecule has 0 radical (unpaired) electrons. The van der Waals surface area contributed by atoms with Crippen molar-refractivity contribution in [1.29, 1.82) is 0 Å². The van der Waals surface area contributed by atoms with Crippen LogP contribution < -0.4 is 16.1 Å². The van der Waals surface area contributed by atoms with Gasteiger partial charge in [-0.3, -0.25) is 4.98 Å². The number of rotatable bonds is 3. The Morgan fingerprint density at radius 2 is 2.29 bits per heavy atom. The molecule has 1 aliphatic heterocycles. The van der Waals surface area contributed by atoms with Gasteiger partial charge in [-0.15, -0.1) is 0 Å². The highest BCUT2D eigenvalue weighted by Crippen LogP contribution is 2.35. The van der Waals surface area contributed by atoms with Crippen LogP contribution in [0.15, 0.2) is 26.9 Å². The van der Waals surface area contributed by atoms with Crippen molar-refractivity contribution in [3.05, 3.63) is 49.3 Å². The van der Waals surface area contributed by atoms with Crippen molar-refractivity contribution in [2.45, 2.75) is 17.3 Å². The molecule has 0 bridgehead atoms. The summed E-state index contributed by atoms with van der Waals surface area (Å²) in [5.41, 5.74) is 0.964. The highest BCUT2D eigenvalue weighted by Gasteiger charge is 2.18. The third kappa shape index (κ3) is 2.84. The molecule has 21 heavy (non-hydrogen) atoms. The number of ether oxygens (including phenoxy) is 1. The summed E-state index contributed by atoms with van der Waals surface area (Å²) < 4.78 is 6.53. The Morgan fingerprint density at radius 3 is 3.05 bits per heavy atom. The van der Waals surface area contributed by atoms with E-state index in [9.17, 15) is 9.59 Å². The minimum atomic E-state index is -0.575. The van der Waals surface area contributed by atoms with E-state index in [1.165, 1.54) is 18.8 Å². The lowest BCUT2D eigenvalue weighted by Gasteiger charge is -2.08. The van der Waals surface area contributed by atoms with Crippen molar-refractivity contribution in [3.63, 3.8) is 0 Å². The Balaban J connectivity index is 1.86. The summed E-state index contributed by atoms with van der Waals surface area (Å²) in [5, 5.41) is 0.940. The lowest BCUT2D eigenvalue weighted by atomic mass is 10.1. The molecule has 0 saturated carbocycles. The zero-order chi connectivity index (χ0) is 15.0. The van der Waals surface area contributed by atoms with Crippen LogP contribution in [-0.2, 0) is 19.2 Å². The van der Waals surface area contributed by atoms with Crippen LogP contribution in [0.3, 0.4) is 0 Å². The zero-order valence-electron chi connectivity index (χ0n) is 11.2. The second kappa shape index (κ2) is 5.57. The molecular weight excluding hydrogens is 314 g/mol. The molecule has 1 aliphatic rings. The van der Waals surface area contributed by atoms with Gasteiger partial charge in [0, 0.05) is 29.8 Å². The average Bonchev–Trinajstić information content (AvgIpc) is 2.90. The minimum absolute atomic E-state index is 0.287. The topological polar surface area (TPSA) is 77.0 Å². The van der Waals surface area contributed by atoms with E-state index >= 15 is 0 Å². The molecule has 3 rings (SSSR count). The quantitative estimate of drug-likeness (QED) is 0.862. The highest BCUT2D eigenvalue weighted by molar-refractivity contribution is 7.98. The molecule has 1 aromatic heterocycles. The summed E-state index contributed by atoms with van der Waals surface area (Å²) in [6.45, 7) is 0.647. The van der Waals surface area contributed by atoms with Gasteiger partial charge in [-0.2, -0.15) is 4.98 Å². The van der Waals surface area contributed by atoms with E-state index in [1.807, 2.05) is 12.1 Å². The third-order valence-electron chi connectivity index (χ3n) is 3.19. The maximum atomic E-state index is 11.5. The molecule has 0 spiro atoms. The van der Waals surface area contributed by atoms with Gasteiger partial charge in [0.1, 0.15) is 5.75 Å². The molecule has 0 atom stereocenters. The minimum Gasteiger partial charge on any atom is -0.493 e. The predicted molar refractivity (Wildman–Crippen MR) is 80.3 cm³/mol. The smallest absolute Gasteiger partial charge is 0.353 e. The van der Waals surface area contributed by atoms with Gasteiger partial charge in [0.15, 0.2) is 5.16 Å². The van der Waals surface area contributed by atoms with Crippen LogP contribution in [0.5, 0.6) is 5.75 Å². The van der Waals surface area contributed by atoms with E-state index in [2.05, 4.69) is 9.97 Å². The molecule has 2 heterocycles. The van der Waals surface area contributed by atoms with Crippen molar-refractivity contribution in [2.24, 2.45) is 7.05 Å². The van der Waals surface area contributed by atoms with Gasteiger partial charge < -0.3 is 4.74 Å². The van der Waals surface area contributed by atoms with Crippen LogP contribution in [0.1, 0.15) is 11.1 Å². The Morgan fingerprint density at radius 1 is 1.48 bits per heavy atom. The van der Waals surface area contributed by atoms with Crippen molar-refractivity contribution in [1.82, 2.24) is 14.5 Å². The molecule has 2 aromatic rings. The molecule has 0 saturated heterocycles. The number of hydrogen-bond acceptors (Lipinski definition) is 5. The van der Waals surface area contributed by atoms with Gasteiger partial charge in [-0.05, 0) is 17.7 Å². The SMILES string of the molecule is Cn1c(=O)nc(SCc2cc(Cl)cc3c2OCC3)[nH]c1=O. The standard InChI is InChI=1S/C13H12ClN3O3S/c1-17-12(18)15-11(16-13(17)19)21-6-8-5-9(14)4-7-2-3-20-10(7)8/h4-5H,2-3,6H2,1H3,(H,15,16,18,19). The number of nitrogens with one attached hydrogen (secondary N) is 1. The van der Waals surface area contributed by atoms with Gasteiger partial charge in [0.25, 0.3) is 0 Å². The normalized spacial score (nSPS) is 13.0. The molecule has 110 valence electrons. The predicted octanol–water partition coefficient (Wildman–Crippen LogP) is 1.35. The number of benzene rings is 1. The Hall–Kier alpha value is -1.73. The largest absolute Gasteiger partial charge is 0.493 e. The first kappa shape index (κ1) is 14.2. The summed E-state index contributed by atoms with van der Waals surface area (Å²) in [5.74, 6) is 1.36. The first-order chi connectivity index (χ1) is 10.0. The number of H-pyrrole nitrogens is 1. The molecule has 8 heteroatoms. The van der Waals surface area contributed by atoms with Gasteiger partial charge in [0.05, 0.1) is 6.61 Å². The van der Waals surface area contributed by atoms with Crippen LogP contribution in [0.25, 0.3) is 0 Å². The number of fused-ring (bicyclic) bond motifs is 1. The van der Waals surface area contributed by atoms with E-state index in [4.69, 9.17) is 16.3 Å². The summed E-state index contributed by atoms with van der Waals surface area (Å²) >= 11 is 7.36. The molecule has 0 aliphatic carbocycles. The second-order valence-corrected chi connectivity index (χ2v) is 6.03. The number of nitrogens with zero attached hydrogens (tertiary/aromatic N) is 2. The van der Waals surface area contributed by atoms with Crippen molar-refractivity contribution >= 4 is 23.4 Å². The van der Waals surface area contributed by atoms with E-state index in [0.717, 1.165) is 27.9 Å². The monoisotopic (exact) mass is 325 g/mol. The molecule has 1 aromatic carbocycles. The van der Waals surface area contributed by atoms with E-state index in [0.29, 0.717) is 17.4 Å². The summed E-state index contributed by atoms with van der Waals surface area (Å²) in [4.78, 5) is 29.4. The number of halogens is 1. The fourth-order valence-electron chi connectivity index (χ4n) is 2.12. The van der Waals surface area contributed by atoms with Crippen molar-refractivity contribution in [3.8, 4) is 5.75 Å². The maximum absolute atomic E-state index is 11.5. The van der Waals surface area contributed by atoms with Gasteiger partial charge in [0.2, 0.25) is 0 Å². The number of aromatic amines is 1. The van der Waals surface area contributed by atoms with Crippen LogP contribution >= 0.6 is 23.4 Å². The Bertz CT molecular complexity index is 784. The number of aromatic nitrogens is 3. The molecule has 6 nitrogen and oxygen atoms in total. The Labute approximate surface area is 129 Å². The maximum Gasteiger partial charge on any atom is 0.353 e. The second-order valence-electron chi connectivity index (χ2n) is 4.63. The number of thioether (sulfide) groups is 1. The van der Waals surface area contributed by atoms with Crippen molar-refractivity contribution < 1.29 is 4.74 Å². The van der Waals surface area contributed by atoms with Crippen LogP contribution in [0.2, 0.25) is 5.02 Å². The zero-order valence-corrected chi connectivity index (χ0v) is 12.8. The first-order valence-electron chi connectivity index (χ1n) is 6.29. The lowest BCUT2D eigenvalue weighted by Crippen LogP contribution is -2.34. The highest BCUT2D eigenvalue weighted by atomic mass is 35.5. The molecule has 0 unspecified atom stereocenters.